The van der Waals surface area contributed by atoms with Crippen LogP contribution in [0.2, 0.25) is 5.02 Å². The molecule has 130 valence electrons. The fourth-order valence-electron chi connectivity index (χ4n) is 1.96. The number of carbonyl (C=O) groups is 2. The molecule has 25 heavy (non-hydrogen) atoms. The zero-order chi connectivity index (χ0) is 18.6. The number of carbonyl (C=O) groups excluding carboxylic acids is 2. The Bertz CT molecular complexity index is 846. The SMILES string of the molecule is CN(NC(=O)NC(=O)c1ccc(F)c(Cl)c1)c1ccccc1[N+](=O)[O-]. The minimum absolute atomic E-state index is 0.0186. The molecule has 0 bridgehead atoms. The predicted molar refractivity (Wildman–Crippen MR) is 88.9 cm³/mol. The van der Waals surface area contributed by atoms with Crippen LogP contribution in [0.1, 0.15) is 10.4 Å². The van der Waals surface area contributed by atoms with Gasteiger partial charge in [-0.2, -0.15) is 0 Å². The van der Waals surface area contributed by atoms with Crippen molar-refractivity contribution in [1.29, 1.82) is 0 Å². The van der Waals surface area contributed by atoms with E-state index in [1.165, 1.54) is 25.2 Å². The van der Waals surface area contributed by atoms with E-state index in [0.29, 0.717) is 0 Å². The van der Waals surface area contributed by atoms with Gasteiger partial charge in [0.2, 0.25) is 0 Å². The molecule has 0 saturated heterocycles. The summed E-state index contributed by atoms with van der Waals surface area (Å²) in [4.78, 5) is 34.2. The van der Waals surface area contributed by atoms with Gasteiger partial charge < -0.3 is 0 Å². The average molecular weight is 367 g/mol. The molecule has 2 aromatic rings. The minimum Gasteiger partial charge on any atom is -0.281 e. The van der Waals surface area contributed by atoms with Gasteiger partial charge in [0, 0.05) is 18.7 Å². The summed E-state index contributed by atoms with van der Waals surface area (Å²) >= 11 is 5.58. The van der Waals surface area contributed by atoms with Crippen LogP contribution < -0.4 is 15.8 Å². The molecule has 0 heterocycles. The van der Waals surface area contributed by atoms with Crippen molar-refractivity contribution in [2.24, 2.45) is 0 Å². The first-order valence-corrected chi connectivity index (χ1v) is 7.21. The summed E-state index contributed by atoms with van der Waals surface area (Å²) in [6.07, 6.45) is 0. The van der Waals surface area contributed by atoms with Gasteiger partial charge in [0.15, 0.2) is 0 Å². The summed E-state index contributed by atoms with van der Waals surface area (Å²) in [5, 5.41) is 13.8. The maximum atomic E-state index is 13.1. The van der Waals surface area contributed by atoms with Crippen molar-refractivity contribution in [2.75, 3.05) is 12.1 Å². The lowest BCUT2D eigenvalue weighted by molar-refractivity contribution is -0.384. The Balaban J connectivity index is 2.06. The van der Waals surface area contributed by atoms with Gasteiger partial charge in [0.25, 0.3) is 11.6 Å². The smallest absolute Gasteiger partial charge is 0.281 e. The molecule has 0 radical (unpaired) electrons. The normalized spacial score (nSPS) is 10.0. The van der Waals surface area contributed by atoms with Crippen LogP contribution in [0.4, 0.5) is 20.6 Å². The molecule has 0 aliphatic carbocycles. The Hall–Kier alpha value is -3.20. The number of urea groups is 1. The zero-order valence-corrected chi connectivity index (χ0v) is 13.6. The summed E-state index contributed by atoms with van der Waals surface area (Å²) in [6, 6.07) is 8.06. The van der Waals surface area contributed by atoms with E-state index in [9.17, 15) is 24.1 Å². The van der Waals surface area contributed by atoms with E-state index in [1.807, 2.05) is 5.32 Å². The molecule has 0 aromatic heterocycles. The van der Waals surface area contributed by atoms with Gasteiger partial charge in [0.05, 0.1) is 9.95 Å². The number of rotatable bonds is 4. The van der Waals surface area contributed by atoms with Crippen LogP contribution >= 0.6 is 11.6 Å². The number of nitrogens with zero attached hydrogens (tertiary/aromatic N) is 2. The maximum Gasteiger partial charge on any atom is 0.340 e. The van der Waals surface area contributed by atoms with Crippen molar-refractivity contribution in [2.45, 2.75) is 0 Å². The van der Waals surface area contributed by atoms with Crippen LogP contribution in [0, 0.1) is 15.9 Å². The van der Waals surface area contributed by atoms with Crippen molar-refractivity contribution in [3.8, 4) is 0 Å². The number of benzene rings is 2. The number of nitro groups is 1. The summed E-state index contributed by atoms with van der Waals surface area (Å²) in [6.45, 7) is 0. The predicted octanol–water partition coefficient (Wildman–Crippen LogP) is 2.88. The monoisotopic (exact) mass is 366 g/mol. The molecule has 3 amide bonds. The second-order valence-electron chi connectivity index (χ2n) is 4.83. The number of amides is 3. The molecule has 10 heteroatoms. The summed E-state index contributed by atoms with van der Waals surface area (Å²) in [5.74, 6) is -1.51. The van der Waals surface area contributed by atoms with Gasteiger partial charge in [-0.3, -0.25) is 25.2 Å². The molecule has 0 spiro atoms. The fraction of sp³-hybridized carbons (Fsp3) is 0.0667. The van der Waals surface area contributed by atoms with E-state index in [-0.39, 0.29) is 22.0 Å². The number of nitro benzene ring substituents is 1. The molecule has 8 nitrogen and oxygen atoms in total. The lowest BCUT2D eigenvalue weighted by Gasteiger charge is -2.20. The molecule has 0 aliphatic heterocycles. The first-order chi connectivity index (χ1) is 11.8. The lowest BCUT2D eigenvalue weighted by atomic mass is 10.2. The third kappa shape index (κ3) is 4.42. The van der Waals surface area contributed by atoms with Gasteiger partial charge in [-0.1, -0.05) is 23.7 Å². The number of nitrogens with one attached hydrogen (secondary N) is 2. The number of hydrogen-bond acceptors (Lipinski definition) is 5. The van der Waals surface area contributed by atoms with E-state index in [0.717, 1.165) is 23.2 Å². The van der Waals surface area contributed by atoms with Crippen LogP contribution in [-0.2, 0) is 0 Å². The third-order valence-electron chi connectivity index (χ3n) is 3.12. The zero-order valence-electron chi connectivity index (χ0n) is 12.8. The highest BCUT2D eigenvalue weighted by atomic mass is 35.5. The second-order valence-corrected chi connectivity index (χ2v) is 5.24. The van der Waals surface area contributed by atoms with E-state index in [2.05, 4.69) is 5.43 Å². The Morgan fingerprint density at radius 2 is 1.92 bits per heavy atom. The third-order valence-corrected chi connectivity index (χ3v) is 3.41. The largest absolute Gasteiger partial charge is 0.340 e. The van der Waals surface area contributed by atoms with Gasteiger partial charge in [-0.25, -0.2) is 14.6 Å². The number of hydrogen-bond donors (Lipinski definition) is 2. The van der Waals surface area contributed by atoms with Gasteiger partial charge in [0.1, 0.15) is 11.5 Å². The maximum absolute atomic E-state index is 13.1. The quantitative estimate of drug-likeness (QED) is 0.639. The molecule has 2 N–H and O–H groups in total. The average Bonchev–Trinajstić information content (AvgIpc) is 2.57. The highest BCUT2D eigenvalue weighted by Gasteiger charge is 2.19. The van der Waals surface area contributed by atoms with Crippen molar-refractivity contribution >= 4 is 34.9 Å². The summed E-state index contributed by atoms with van der Waals surface area (Å²) < 4.78 is 13.1. The number of para-hydroxylation sites is 2. The molecule has 2 aromatic carbocycles. The molecule has 0 atom stereocenters. The van der Waals surface area contributed by atoms with Gasteiger partial charge in [-0.05, 0) is 24.3 Å². The Morgan fingerprint density at radius 1 is 1.24 bits per heavy atom. The molecular formula is C15H12ClFN4O4. The van der Waals surface area contributed by atoms with Crippen molar-refractivity contribution in [3.63, 3.8) is 0 Å². The first kappa shape index (κ1) is 18.1. The number of imide groups is 1. The van der Waals surface area contributed by atoms with Crippen molar-refractivity contribution in [3.05, 3.63) is 69.0 Å². The van der Waals surface area contributed by atoms with E-state index in [4.69, 9.17) is 11.6 Å². The first-order valence-electron chi connectivity index (χ1n) is 6.83. The minimum atomic E-state index is -0.925. The summed E-state index contributed by atoms with van der Waals surface area (Å²) in [7, 11) is 1.38. The highest BCUT2D eigenvalue weighted by molar-refractivity contribution is 6.31. The molecule has 0 saturated carbocycles. The number of anilines is 1. The van der Waals surface area contributed by atoms with Crippen LogP contribution in [0.25, 0.3) is 0 Å². The molecule has 2 rings (SSSR count). The Morgan fingerprint density at radius 3 is 2.56 bits per heavy atom. The van der Waals surface area contributed by atoms with Crippen LogP contribution in [0.15, 0.2) is 42.5 Å². The van der Waals surface area contributed by atoms with Gasteiger partial charge >= 0.3 is 6.03 Å². The Labute approximate surface area is 146 Å². The van der Waals surface area contributed by atoms with Crippen LogP contribution in [0.3, 0.4) is 0 Å². The Kier molecular flexibility index (Phi) is 5.50. The molecular weight excluding hydrogens is 355 g/mol. The van der Waals surface area contributed by atoms with E-state index < -0.39 is 22.7 Å². The topological polar surface area (TPSA) is 105 Å². The van der Waals surface area contributed by atoms with E-state index >= 15 is 0 Å². The molecule has 0 unspecified atom stereocenters. The van der Waals surface area contributed by atoms with Crippen molar-refractivity contribution < 1.29 is 18.9 Å². The number of hydrazine groups is 1. The number of halogens is 2. The standard InChI is InChI=1S/C15H12ClFN4O4/c1-20(12-4-2-3-5-13(12)21(24)25)19-15(23)18-14(22)9-6-7-11(17)10(16)8-9/h2-8H,1H3,(H2,18,19,22,23). The van der Waals surface area contributed by atoms with E-state index in [1.54, 1.807) is 6.07 Å². The summed E-state index contributed by atoms with van der Waals surface area (Å²) in [5.41, 5.74) is 2.15. The molecule has 0 fully saturated rings. The van der Waals surface area contributed by atoms with Gasteiger partial charge in [-0.15, -0.1) is 0 Å². The lowest BCUT2D eigenvalue weighted by Crippen LogP contribution is -2.47. The van der Waals surface area contributed by atoms with Crippen LogP contribution in [0.5, 0.6) is 0 Å². The van der Waals surface area contributed by atoms with Crippen molar-refractivity contribution in [1.82, 2.24) is 10.7 Å². The highest BCUT2D eigenvalue weighted by Crippen LogP contribution is 2.25. The second kappa shape index (κ2) is 7.58. The van der Waals surface area contributed by atoms with Crippen LogP contribution in [-0.4, -0.2) is 23.9 Å². The fourth-order valence-corrected chi connectivity index (χ4v) is 2.14. The molecule has 0 aliphatic rings.